The fraction of sp³-hybridized carbons (Fsp3) is 0.444. The van der Waals surface area contributed by atoms with Gasteiger partial charge in [-0.05, 0) is 64.3 Å². The van der Waals surface area contributed by atoms with Crippen molar-refractivity contribution >= 4 is 35.3 Å². The second-order valence-corrected chi connectivity index (χ2v) is 9.85. The monoisotopic (exact) mass is 559 g/mol. The SMILES string of the molecule is CC(C)(C)OC(=O)CNC(=O)OC[n+]1ccc(NC(=NCCCCCCOc2ccc(Cl)cc2)NC#N)cc1. The molecule has 0 atom stereocenters. The summed E-state index contributed by atoms with van der Waals surface area (Å²) in [5.41, 5.74) is 0.0676. The van der Waals surface area contributed by atoms with Crippen molar-refractivity contribution in [2.75, 3.05) is 25.0 Å². The summed E-state index contributed by atoms with van der Waals surface area (Å²) in [4.78, 5) is 27.9. The third-order valence-electron chi connectivity index (χ3n) is 4.87. The van der Waals surface area contributed by atoms with Crippen LogP contribution in [0.4, 0.5) is 10.5 Å². The number of nitrogens with one attached hydrogen (secondary N) is 3. The first kappa shape index (κ1) is 31.2. The van der Waals surface area contributed by atoms with Crippen molar-refractivity contribution in [3.05, 3.63) is 53.8 Å². The highest BCUT2D eigenvalue weighted by molar-refractivity contribution is 6.30. The highest BCUT2D eigenvalue weighted by atomic mass is 35.5. The number of hydrogen-bond acceptors (Lipinski definition) is 7. The molecule has 12 heteroatoms. The molecule has 0 bridgehead atoms. The number of ether oxygens (including phenoxy) is 3. The Labute approximate surface area is 234 Å². The molecule has 0 unspecified atom stereocenters. The standard InChI is InChI=1S/C27H35ClN6O5/c1-27(2,3)39-24(35)18-31-26(36)38-20-34-15-12-22(13-16-34)33-25(32-19-29)30-14-6-4-5-7-17-37-23-10-8-21(28)9-11-23/h8-13,15-16H,4-7,14,17-18,20H2,1-3H3,(H2,30,31,32,36)/p+1. The number of aliphatic imine (C=N–C) groups is 1. The quantitative estimate of drug-likeness (QED) is 0.0633. The van der Waals surface area contributed by atoms with Crippen molar-refractivity contribution in [3.63, 3.8) is 0 Å². The molecule has 39 heavy (non-hydrogen) atoms. The predicted octanol–water partition coefficient (Wildman–Crippen LogP) is 4.13. The summed E-state index contributed by atoms with van der Waals surface area (Å²) in [5.74, 6) is 0.604. The van der Waals surface area contributed by atoms with E-state index < -0.39 is 17.7 Å². The highest BCUT2D eigenvalue weighted by Gasteiger charge is 2.17. The smallest absolute Gasteiger partial charge is 0.412 e. The molecule has 0 saturated heterocycles. The van der Waals surface area contributed by atoms with Crippen molar-refractivity contribution in [2.45, 2.75) is 58.8 Å². The van der Waals surface area contributed by atoms with Gasteiger partial charge >= 0.3 is 12.1 Å². The van der Waals surface area contributed by atoms with Crippen LogP contribution in [0.15, 0.2) is 53.8 Å². The zero-order valence-corrected chi connectivity index (χ0v) is 23.3. The molecule has 0 fully saturated rings. The molecular weight excluding hydrogens is 524 g/mol. The van der Waals surface area contributed by atoms with E-state index in [4.69, 9.17) is 31.1 Å². The minimum atomic E-state index is -0.739. The Morgan fingerprint density at radius 2 is 1.74 bits per heavy atom. The molecule has 1 amide bonds. The molecule has 3 N–H and O–H groups in total. The van der Waals surface area contributed by atoms with E-state index in [0.717, 1.165) is 31.4 Å². The van der Waals surface area contributed by atoms with Gasteiger partial charge in [-0.2, -0.15) is 9.83 Å². The van der Waals surface area contributed by atoms with Crippen LogP contribution in [0.3, 0.4) is 0 Å². The molecule has 2 aromatic rings. The second-order valence-electron chi connectivity index (χ2n) is 9.41. The summed E-state index contributed by atoms with van der Waals surface area (Å²) in [6.45, 7) is 6.10. The number of carbonyl (C=O) groups excluding carboxylic acids is 2. The van der Waals surface area contributed by atoms with Crippen LogP contribution in [0.2, 0.25) is 5.02 Å². The summed E-state index contributed by atoms with van der Waals surface area (Å²) in [6.07, 6.45) is 8.35. The summed E-state index contributed by atoms with van der Waals surface area (Å²) < 4.78 is 17.5. The first-order valence-electron chi connectivity index (χ1n) is 12.6. The van der Waals surface area contributed by atoms with Crippen molar-refractivity contribution in [2.24, 2.45) is 4.99 Å². The number of aromatic nitrogens is 1. The van der Waals surface area contributed by atoms with Gasteiger partial charge in [0.1, 0.15) is 17.9 Å². The number of unbranched alkanes of at least 4 members (excludes halogenated alkanes) is 3. The highest BCUT2D eigenvalue weighted by Crippen LogP contribution is 2.16. The molecule has 1 aromatic carbocycles. The maximum absolute atomic E-state index is 11.8. The van der Waals surface area contributed by atoms with E-state index in [1.54, 1.807) is 62.0 Å². The Morgan fingerprint density at radius 1 is 1.05 bits per heavy atom. The van der Waals surface area contributed by atoms with Gasteiger partial charge in [0.2, 0.25) is 5.96 Å². The Balaban J connectivity index is 1.65. The van der Waals surface area contributed by atoms with Crippen LogP contribution in [0.25, 0.3) is 0 Å². The third-order valence-corrected chi connectivity index (χ3v) is 5.13. The van der Waals surface area contributed by atoms with Gasteiger partial charge in [0.25, 0.3) is 6.73 Å². The molecule has 0 spiro atoms. The number of amides is 1. The fourth-order valence-corrected chi connectivity index (χ4v) is 3.24. The molecule has 210 valence electrons. The topological polar surface area (TPSA) is 138 Å². The summed E-state index contributed by atoms with van der Waals surface area (Å²) >= 11 is 5.87. The van der Waals surface area contributed by atoms with Crippen LogP contribution in [-0.2, 0) is 21.0 Å². The Morgan fingerprint density at radius 3 is 2.41 bits per heavy atom. The lowest BCUT2D eigenvalue weighted by Gasteiger charge is -2.19. The number of benzene rings is 1. The average Bonchev–Trinajstić information content (AvgIpc) is 2.88. The van der Waals surface area contributed by atoms with Gasteiger partial charge in [-0.25, -0.2) is 4.79 Å². The van der Waals surface area contributed by atoms with Gasteiger partial charge in [-0.1, -0.05) is 18.0 Å². The van der Waals surface area contributed by atoms with Gasteiger partial charge in [-0.15, -0.1) is 0 Å². The van der Waals surface area contributed by atoms with Gasteiger partial charge in [-0.3, -0.25) is 15.1 Å². The average molecular weight is 560 g/mol. The van der Waals surface area contributed by atoms with Crippen LogP contribution in [0, 0.1) is 11.5 Å². The van der Waals surface area contributed by atoms with Crippen molar-refractivity contribution < 1.29 is 28.4 Å². The zero-order chi connectivity index (χ0) is 28.5. The van der Waals surface area contributed by atoms with E-state index in [2.05, 4.69) is 20.9 Å². The first-order valence-corrected chi connectivity index (χ1v) is 13.0. The van der Waals surface area contributed by atoms with E-state index in [9.17, 15) is 9.59 Å². The van der Waals surface area contributed by atoms with Crippen LogP contribution >= 0.6 is 11.6 Å². The van der Waals surface area contributed by atoms with E-state index in [-0.39, 0.29) is 13.3 Å². The lowest BCUT2D eigenvalue weighted by Crippen LogP contribution is -2.40. The van der Waals surface area contributed by atoms with E-state index >= 15 is 0 Å². The Kier molecular flexibility index (Phi) is 13.4. The number of hydrogen-bond donors (Lipinski definition) is 3. The van der Waals surface area contributed by atoms with E-state index in [1.165, 1.54) is 0 Å². The number of anilines is 1. The molecule has 0 aliphatic heterocycles. The number of halogens is 1. The predicted molar refractivity (Wildman–Crippen MR) is 147 cm³/mol. The van der Waals surface area contributed by atoms with Crippen LogP contribution in [-0.4, -0.2) is 43.3 Å². The van der Waals surface area contributed by atoms with Crippen molar-refractivity contribution in [1.82, 2.24) is 10.6 Å². The fourth-order valence-electron chi connectivity index (χ4n) is 3.11. The maximum Gasteiger partial charge on any atom is 0.412 e. The molecule has 1 heterocycles. The molecule has 0 saturated carbocycles. The lowest BCUT2D eigenvalue weighted by molar-refractivity contribution is -0.727. The van der Waals surface area contributed by atoms with Crippen LogP contribution < -0.4 is 25.3 Å². The summed E-state index contributed by atoms with van der Waals surface area (Å²) in [6, 6.07) is 10.8. The van der Waals surface area contributed by atoms with Gasteiger partial charge in [0.15, 0.2) is 18.6 Å². The molecule has 0 radical (unpaired) electrons. The minimum Gasteiger partial charge on any atom is -0.494 e. The maximum atomic E-state index is 11.8. The number of esters is 1. The number of alkyl carbamates (subject to hydrolysis) is 1. The molecule has 1 aromatic heterocycles. The van der Waals surface area contributed by atoms with Gasteiger partial charge in [0, 0.05) is 23.7 Å². The van der Waals surface area contributed by atoms with Gasteiger partial charge < -0.3 is 24.8 Å². The molecular formula is C27H36ClN6O5+. The number of nitrogens with zero attached hydrogens (tertiary/aromatic N) is 3. The molecule has 0 aliphatic carbocycles. The number of nitriles is 1. The molecule has 11 nitrogen and oxygen atoms in total. The lowest BCUT2D eigenvalue weighted by atomic mass is 10.2. The number of carbonyl (C=O) groups is 2. The number of pyridine rings is 1. The molecule has 2 rings (SSSR count). The number of rotatable bonds is 13. The summed E-state index contributed by atoms with van der Waals surface area (Å²) in [5, 5.41) is 17.7. The zero-order valence-electron chi connectivity index (χ0n) is 22.5. The summed E-state index contributed by atoms with van der Waals surface area (Å²) in [7, 11) is 0. The van der Waals surface area contributed by atoms with E-state index in [1.807, 2.05) is 18.3 Å². The third kappa shape index (κ3) is 14.5. The Bertz CT molecular complexity index is 1110. The van der Waals surface area contributed by atoms with Crippen LogP contribution in [0.1, 0.15) is 46.5 Å². The van der Waals surface area contributed by atoms with Crippen molar-refractivity contribution in [3.8, 4) is 11.9 Å². The Hall–Kier alpha value is -4.04. The molecule has 0 aliphatic rings. The van der Waals surface area contributed by atoms with Crippen molar-refractivity contribution in [1.29, 1.82) is 5.26 Å². The first-order chi connectivity index (χ1) is 18.6. The largest absolute Gasteiger partial charge is 0.494 e. The normalized spacial score (nSPS) is 11.2. The van der Waals surface area contributed by atoms with E-state index in [0.29, 0.717) is 29.8 Å². The van der Waals surface area contributed by atoms with Gasteiger partial charge in [0.05, 0.1) is 12.3 Å². The van der Waals surface area contributed by atoms with Crippen LogP contribution in [0.5, 0.6) is 5.75 Å². The second kappa shape index (κ2) is 16.7. The number of guanidine groups is 1. The minimum absolute atomic E-state index is 0.0530.